The first-order valence-corrected chi connectivity index (χ1v) is 17.2. The highest BCUT2D eigenvalue weighted by Gasteiger charge is 2.52. The molecule has 7 heteroatoms. The average Bonchev–Trinajstić information content (AvgIpc) is 2.86. The molecule has 0 spiro atoms. The summed E-state index contributed by atoms with van der Waals surface area (Å²) in [6.45, 7) is 10.7. The van der Waals surface area contributed by atoms with Gasteiger partial charge in [-0.15, -0.1) is 0 Å². The lowest BCUT2D eigenvalue weighted by molar-refractivity contribution is -0.00617. The molecular weight excluding hydrogens is 506 g/mol. The maximum absolute atomic E-state index is 13.5. The number of carbonyl (C=O) groups is 2. The maximum atomic E-state index is 13.5. The molecule has 0 aromatic heterocycles. The second kappa shape index (κ2) is 9.99. The van der Waals surface area contributed by atoms with Crippen LogP contribution in [0.15, 0.2) is 36.4 Å². The molecule has 0 aliphatic heterocycles. The maximum Gasteiger partial charge on any atom is 0.341 e. The van der Waals surface area contributed by atoms with E-state index in [1.807, 2.05) is 12.1 Å². The molecule has 1 amide bonds. The van der Waals surface area contributed by atoms with Crippen LogP contribution < -0.4 is 14.5 Å². The van der Waals surface area contributed by atoms with Crippen molar-refractivity contribution in [3.8, 4) is 11.5 Å². The van der Waals surface area contributed by atoms with Crippen LogP contribution >= 0.6 is 0 Å². The number of hydrogen-bond donors (Lipinski definition) is 1. The third kappa shape index (κ3) is 5.22. The molecular formula is C32H43NO5Si. The fourth-order valence-corrected chi connectivity index (χ4v) is 8.32. The smallest absolute Gasteiger partial charge is 0.341 e. The van der Waals surface area contributed by atoms with Crippen LogP contribution in [0.5, 0.6) is 11.5 Å². The van der Waals surface area contributed by atoms with Crippen molar-refractivity contribution in [2.45, 2.75) is 82.8 Å². The molecule has 4 aliphatic rings. The molecule has 4 fully saturated rings. The third-order valence-electron chi connectivity index (χ3n) is 9.89. The Morgan fingerprint density at radius 3 is 2.05 bits per heavy atom. The molecule has 2 aromatic carbocycles. The van der Waals surface area contributed by atoms with Crippen molar-refractivity contribution in [3.63, 3.8) is 0 Å². The number of methoxy groups -OCH3 is 2. The van der Waals surface area contributed by atoms with Gasteiger partial charge in [-0.05, 0) is 110 Å². The Balaban J connectivity index is 1.43. The predicted molar refractivity (Wildman–Crippen MR) is 156 cm³/mol. The first-order chi connectivity index (χ1) is 18.3. The quantitative estimate of drug-likeness (QED) is 0.285. The molecule has 4 aliphatic carbocycles. The standard InChI is InChI=1S/C32H43NO5Si/c1-31(2,3)39(6,7)38-28-16-24(9-10-25(28)30(35)37-5)33-29(34)23-8-11-27(36-4)26(15-23)32-17-20-12-21(18-32)14-22(13-20)19-32/h8-11,15-16,20-22H,12-14,17-19H2,1-7H3,(H,33,34). The van der Waals surface area contributed by atoms with Crippen LogP contribution in [-0.4, -0.2) is 34.4 Å². The number of benzene rings is 2. The van der Waals surface area contributed by atoms with Gasteiger partial charge in [0.15, 0.2) is 0 Å². The average molecular weight is 550 g/mol. The highest BCUT2D eigenvalue weighted by atomic mass is 28.4. The topological polar surface area (TPSA) is 73.9 Å². The summed E-state index contributed by atoms with van der Waals surface area (Å²) in [5, 5.41) is 2.99. The summed E-state index contributed by atoms with van der Waals surface area (Å²) >= 11 is 0. The van der Waals surface area contributed by atoms with Gasteiger partial charge in [0.05, 0.1) is 14.2 Å². The minimum atomic E-state index is -2.25. The molecule has 4 saturated carbocycles. The Bertz CT molecular complexity index is 1240. The Labute approximate surface area is 233 Å². The van der Waals surface area contributed by atoms with E-state index >= 15 is 0 Å². The second-order valence-corrected chi connectivity index (χ2v) is 18.4. The number of carbonyl (C=O) groups excluding carboxylic acids is 2. The molecule has 6 nitrogen and oxygen atoms in total. The van der Waals surface area contributed by atoms with Crippen LogP contribution in [0.1, 0.15) is 85.6 Å². The Hall–Kier alpha value is -2.80. The van der Waals surface area contributed by atoms with Gasteiger partial charge in [-0.3, -0.25) is 4.79 Å². The molecule has 6 rings (SSSR count). The van der Waals surface area contributed by atoms with Crippen LogP contribution in [0.2, 0.25) is 18.1 Å². The zero-order valence-electron chi connectivity index (χ0n) is 24.5. The van der Waals surface area contributed by atoms with E-state index in [0.717, 1.165) is 23.5 Å². The van der Waals surface area contributed by atoms with Crippen molar-refractivity contribution in [2.24, 2.45) is 17.8 Å². The van der Waals surface area contributed by atoms with E-state index in [0.29, 0.717) is 22.6 Å². The van der Waals surface area contributed by atoms with Crippen LogP contribution in [0.4, 0.5) is 5.69 Å². The van der Waals surface area contributed by atoms with Crippen LogP contribution in [0, 0.1) is 17.8 Å². The number of hydrogen-bond acceptors (Lipinski definition) is 5. The summed E-state index contributed by atoms with van der Waals surface area (Å²) in [5.41, 5.74) is 2.86. The highest BCUT2D eigenvalue weighted by molar-refractivity contribution is 6.74. The van der Waals surface area contributed by atoms with E-state index in [1.165, 1.54) is 51.2 Å². The third-order valence-corrected chi connectivity index (χ3v) is 14.2. The largest absolute Gasteiger partial charge is 0.543 e. The Morgan fingerprint density at radius 1 is 0.897 bits per heavy atom. The minimum Gasteiger partial charge on any atom is -0.543 e. The van der Waals surface area contributed by atoms with Gasteiger partial charge in [-0.2, -0.15) is 0 Å². The molecule has 0 unspecified atom stereocenters. The van der Waals surface area contributed by atoms with Crippen LogP contribution in [0.25, 0.3) is 0 Å². The van der Waals surface area contributed by atoms with E-state index in [1.54, 1.807) is 25.3 Å². The normalized spacial score (nSPS) is 25.8. The van der Waals surface area contributed by atoms with Crippen molar-refractivity contribution in [2.75, 3.05) is 19.5 Å². The summed E-state index contributed by atoms with van der Waals surface area (Å²) in [4.78, 5) is 26.0. The molecule has 2 aromatic rings. The van der Waals surface area contributed by atoms with Gasteiger partial charge >= 0.3 is 5.97 Å². The van der Waals surface area contributed by atoms with Crippen molar-refractivity contribution in [1.29, 1.82) is 0 Å². The van der Waals surface area contributed by atoms with Gasteiger partial charge in [0, 0.05) is 22.9 Å². The van der Waals surface area contributed by atoms with Gasteiger partial charge in [-0.1, -0.05) is 20.8 Å². The van der Waals surface area contributed by atoms with Crippen molar-refractivity contribution < 1.29 is 23.5 Å². The summed E-state index contributed by atoms with van der Waals surface area (Å²) in [6, 6.07) is 11.0. The van der Waals surface area contributed by atoms with Crippen molar-refractivity contribution in [3.05, 3.63) is 53.1 Å². The molecule has 210 valence electrons. The van der Waals surface area contributed by atoms with E-state index in [4.69, 9.17) is 13.9 Å². The Kier molecular flexibility index (Phi) is 7.11. The Morgan fingerprint density at radius 2 is 1.51 bits per heavy atom. The van der Waals surface area contributed by atoms with E-state index in [-0.39, 0.29) is 16.4 Å². The van der Waals surface area contributed by atoms with Gasteiger partial charge in [0.25, 0.3) is 14.2 Å². The fraction of sp³-hybridized carbons (Fsp3) is 0.562. The van der Waals surface area contributed by atoms with E-state index < -0.39 is 14.3 Å². The van der Waals surface area contributed by atoms with Crippen molar-refractivity contribution in [1.82, 2.24) is 0 Å². The highest BCUT2D eigenvalue weighted by Crippen LogP contribution is 2.62. The molecule has 1 N–H and O–H groups in total. The molecule has 0 saturated heterocycles. The summed E-state index contributed by atoms with van der Waals surface area (Å²) in [5.74, 6) is 3.07. The number of rotatable bonds is 7. The van der Waals surface area contributed by atoms with Gasteiger partial charge < -0.3 is 19.2 Å². The summed E-state index contributed by atoms with van der Waals surface area (Å²) < 4.78 is 17.3. The molecule has 39 heavy (non-hydrogen) atoms. The minimum absolute atomic E-state index is 0.0591. The molecule has 4 bridgehead atoms. The lowest BCUT2D eigenvalue weighted by Gasteiger charge is -2.57. The van der Waals surface area contributed by atoms with Crippen LogP contribution in [-0.2, 0) is 10.2 Å². The lowest BCUT2D eigenvalue weighted by Crippen LogP contribution is -2.48. The first kappa shape index (κ1) is 27.8. The van der Waals surface area contributed by atoms with Gasteiger partial charge in [-0.25, -0.2) is 4.79 Å². The van der Waals surface area contributed by atoms with E-state index in [9.17, 15) is 9.59 Å². The summed E-state index contributed by atoms with van der Waals surface area (Å²) in [6.07, 6.45) is 7.69. The fourth-order valence-electron chi connectivity index (χ4n) is 7.30. The van der Waals surface area contributed by atoms with Crippen LogP contribution in [0.3, 0.4) is 0 Å². The van der Waals surface area contributed by atoms with Gasteiger partial charge in [0.1, 0.15) is 17.1 Å². The SMILES string of the molecule is COC(=O)c1ccc(NC(=O)c2ccc(OC)c(C34CC5CC(CC(C5)C3)C4)c2)cc1O[Si](C)(C)C(C)(C)C. The number of amides is 1. The molecule has 0 atom stereocenters. The monoisotopic (exact) mass is 549 g/mol. The predicted octanol–water partition coefficient (Wildman–Crippen LogP) is 7.59. The van der Waals surface area contributed by atoms with Gasteiger partial charge in [0.2, 0.25) is 0 Å². The van der Waals surface area contributed by atoms with Crippen molar-refractivity contribution >= 4 is 25.9 Å². The molecule has 0 radical (unpaired) electrons. The zero-order valence-corrected chi connectivity index (χ0v) is 25.5. The summed E-state index contributed by atoms with van der Waals surface area (Å²) in [7, 11) is 0.839. The van der Waals surface area contributed by atoms with E-state index in [2.05, 4.69) is 45.2 Å². The number of anilines is 1. The number of nitrogens with one attached hydrogen (secondary N) is 1. The first-order valence-electron chi connectivity index (χ1n) is 14.3. The lowest BCUT2D eigenvalue weighted by atomic mass is 9.48. The second-order valence-electron chi connectivity index (χ2n) is 13.6. The zero-order chi connectivity index (χ0) is 28.2. The molecule has 0 heterocycles. The number of esters is 1. The number of ether oxygens (including phenoxy) is 2.